The number of nitrogens with zero attached hydrogens (tertiary/aromatic N) is 2. The molecule has 0 spiro atoms. The van der Waals surface area contributed by atoms with Crippen LogP contribution in [0.3, 0.4) is 0 Å². The first-order valence-electron chi connectivity index (χ1n) is 8.59. The smallest absolute Gasteiger partial charge is 0.354 e. The Morgan fingerprint density at radius 3 is 2.56 bits per heavy atom. The largest absolute Gasteiger partial charge is 0.401 e. The van der Waals surface area contributed by atoms with Crippen molar-refractivity contribution in [3.63, 3.8) is 0 Å². The molecule has 2 aliphatic rings. The van der Waals surface area contributed by atoms with Crippen LogP contribution in [0, 0.1) is 6.92 Å². The van der Waals surface area contributed by atoms with Gasteiger partial charge in [-0.3, -0.25) is 14.5 Å². The predicted octanol–water partition coefficient (Wildman–Crippen LogP) is 2.55. The number of aryl methyl sites for hydroxylation is 1. The third kappa shape index (κ3) is 3.89. The number of carbonyl (C=O) groups is 2. The molecule has 1 aromatic heterocycles. The topological polar surface area (TPSA) is 56.4 Å². The molecule has 3 rings (SSSR count). The third-order valence-corrected chi connectivity index (χ3v) is 4.93. The second-order valence-corrected chi connectivity index (χ2v) is 6.79. The van der Waals surface area contributed by atoms with Crippen molar-refractivity contribution < 1.29 is 22.8 Å². The van der Waals surface area contributed by atoms with Gasteiger partial charge >= 0.3 is 6.18 Å². The molecule has 0 bridgehead atoms. The summed E-state index contributed by atoms with van der Waals surface area (Å²) in [5.41, 5.74) is 2.51. The van der Waals surface area contributed by atoms with E-state index in [0.29, 0.717) is 42.8 Å². The SMILES string of the molecule is Cc1c(C(=O)N2CCCN(CC(F)(F)F)CC2)[nH]c2c1C(=O)CCC2. The average molecular weight is 357 g/mol. The van der Waals surface area contributed by atoms with Crippen molar-refractivity contribution in [2.45, 2.75) is 38.8 Å². The van der Waals surface area contributed by atoms with Crippen molar-refractivity contribution in [3.8, 4) is 0 Å². The lowest BCUT2D eigenvalue weighted by molar-refractivity contribution is -0.145. The minimum Gasteiger partial charge on any atom is -0.354 e. The Morgan fingerprint density at radius 2 is 1.88 bits per heavy atom. The highest BCUT2D eigenvalue weighted by Gasteiger charge is 2.33. The summed E-state index contributed by atoms with van der Waals surface area (Å²) < 4.78 is 37.7. The second kappa shape index (κ2) is 6.82. The van der Waals surface area contributed by atoms with Crippen molar-refractivity contribution in [2.75, 3.05) is 32.7 Å². The number of aromatic nitrogens is 1. The van der Waals surface area contributed by atoms with Gasteiger partial charge in [0.05, 0.1) is 6.54 Å². The molecule has 5 nitrogen and oxygen atoms in total. The van der Waals surface area contributed by atoms with Crippen LogP contribution in [0.15, 0.2) is 0 Å². The molecule has 1 aliphatic carbocycles. The Balaban J connectivity index is 1.73. The number of nitrogens with one attached hydrogen (secondary N) is 1. The third-order valence-electron chi connectivity index (χ3n) is 4.93. The summed E-state index contributed by atoms with van der Waals surface area (Å²) in [4.78, 5) is 30.9. The zero-order valence-electron chi connectivity index (χ0n) is 14.2. The standard InChI is InChI=1S/C17H22F3N3O2/c1-11-14-12(4-2-5-13(14)24)21-15(11)16(25)23-7-3-6-22(8-9-23)10-17(18,19)20/h21H,2-10H2,1H3. The molecule has 0 saturated carbocycles. The normalized spacial score (nSPS) is 19.7. The molecule has 1 amide bonds. The number of fused-ring (bicyclic) bond motifs is 1. The molecular weight excluding hydrogens is 335 g/mol. The van der Waals surface area contributed by atoms with Crippen LogP contribution in [0.1, 0.15) is 51.4 Å². The molecule has 0 atom stereocenters. The summed E-state index contributed by atoms with van der Waals surface area (Å²) in [5, 5.41) is 0. The van der Waals surface area contributed by atoms with Crippen molar-refractivity contribution in [1.82, 2.24) is 14.8 Å². The summed E-state index contributed by atoms with van der Waals surface area (Å²) >= 11 is 0. The zero-order valence-corrected chi connectivity index (χ0v) is 14.2. The van der Waals surface area contributed by atoms with Crippen LogP contribution in [-0.2, 0) is 6.42 Å². The lowest BCUT2D eigenvalue weighted by atomic mass is 9.94. The number of rotatable bonds is 2. The summed E-state index contributed by atoms with van der Waals surface area (Å²) in [6.07, 6.45) is -1.71. The van der Waals surface area contributed by atoms with Crippen LogP contribution in [-0.4, -0.2) is 65.4 Å². The number of halogens is 3. The van der Waals surface area contributed by atoms with E-state index >= 15 is 0 Å². The fraction of sp³-hybridized carbons (Fsp3) is 0.647. The molecule has 0 radical (unpaired) electrons. The summed E-state index contributed by atoms with van der Waals surface area (Å²) in [6, 6.07) is 0. The summed E-state index contributed by atoms with van der Waals surface area (Å²) in [7, 11) is 0. The van der Waals surface area contributed by atoms with Gasteiger partial charge < -0.3 is 9.88 Å². The molecule has 8 heteroatoms. The lowest BCUT2D eigenvalue weighted by Crippen LogP contribution is -2.38. The van der Waals surface area contributed by atoms with Gasteiger partial charge in [0.15, 0.2) is 5.78 Å². The fourth-order valence-electron chi connectivity index (χ4n) is 3.73. The Hall–Kier alpha value is -1.83. The van der Waals surface area contributed by atoms with Crippen LogP contribution in [0.4, 0.5) is 13.2 Å². The van der Waals surface area contributed by atoms with Crippen LogP contribution in [0.25, 0.3) is 0 Å². The van der Waals surface area contributed by atoms with Gasteiger partial charge in [-0.2, -0.15) is 13.2 Å². The maximum Gasteiger partial charge on any atom is 0.401 e. The van der Waals surface area contributed by atoms with E-state index in [2.05, 4.69) is 4.98 Å². The molecule has 0 aromatic carbocycles. The van der Waals surface area contributed by atoms with Gasteiger partial charge in [0.1, 0.15) is 5.69 Å². The Morgan fingerprint density at radius 1 is 1.12 bits per heavy atom. The number of Topliss-reactive ketones (excluding diaryl/α,β-unsaturated/α-hetero) is 1. The fourth-order valence-corrected chi connectivity index (χ4v) is 3.73. The molecule has 138 valence electrons. The maximum absolute atomic E-state index is 12.8. The highest BCUT2D eigenvalue weighted by Crippen LogP contribution is 2.27. The van der Waals surface area contributed by atoms with E-state index in [1.165, 1.54) is 4.90 Å². The number of ketones is 1. The number of hydrogen-bond donors (Lipinski definition) is 1. The first-order valence-corrected chi connectivity index (χ1v) is 8.59. The Labute approximate surface area is 144 Å². The number of alkyl halides is 3. The van der Waals surface area contributed by atoms with E-state index < -0.39 is 12.7 Å². The number of aromatic amines is 1. The van der Waals surface area contributed by atoms with E-state index in [4.69, 9.17) is 0 Å². The molecular formula is C17H22F3N3O2. The van der Waals surface area contributed by atoms with Gasteiger partial charge in [-0.05, 0) is 31.7 Å². The van der Waals surface area contributed by atoms with Gasteiger partial charge in [-0.15, -0.1) is 0 Å². The van der Waals surface area contributed by atoms with E-state index in [9.17, 15) is 22.8 Å². The van der Waals surface area contributed by atoms with Crippen LogP contribution in [0.5, 0.6) is 0 Å². The van der Waals surface area contributed by atoms with E-state index in [1.807, 2.05) is 0 Å². The lowest BCUT2D eigenvalue weighted by Gasteiger charge is -2.22. The first-order chi connectivity index (χ1) is 11.8. The van der Waals surface area contributed by atoms with Crippen molar-refractivity contribution >= 4 is 11.7 Å². The van der Waals surface area contributed by atoms with Gasteiger partial charge in [0.2, 0.25) is 0 Å². The van der Waals surface area contributed by atoms with Gasteiger partial charge in [0.25, 0.3) is 5.91 Å². The highest BCUT2D eigenvalue weighted by atomic mass is 19.4. The first kappa shape index (κ1) is 18.0. The zero-order chi connectivity index (χ0) is 18.2. The Bertz CT molecular complexity index is 681. The van der Waals surface area contributed by atoms with Crippen molar-refractivity contribution in [1.29, 1.82) is 0 Å². The van der Waals surface area contributed by atoms with Crippen LogP contribution >= 0.6 is 0 Å². The minimum atomic E-state index is -4.23. The average Bonchev–Trinajstić information content (AvgIpc) is 2.71. The molecule has 1 fully saturated rings. The molecule has 1 aromatic rings. The number of carbonyl (C=O) groups excluding carboxylic acids is 2. The number of H-pyrrole nitrogens is 1. The van der Waals surface area contributed by atoms with E-state index in [-0.39, 0.29) is 24.8 Å². The van der Waals surface area contributed by atoms with Crippen molar-refractivity contribution in [3.05, 3.63) is 22.5 Å². The molecule has 25 heavy (non-hydrogen) atoms. The molecule has 0 unspecified atom stereocenters. The summed E-state index contributed by atoms with van der Waals surface area (Å²) in [5.74, 6) is -0.171. The number of hydrogen-bond acceptors (Lipinski definition) is 3. The highest BCUT2D eigenvalue weighted by molar-refractivity contribution is 6.04. The van der Waals surface area contributed by atoms with Crippen molar-refractivity contribution in [2.24, 2.45) is 0 Å². The molecule has 1 saturated heterocycles. The van der Waals surface area contributed by atoms with E-state index in [1.54, 1.807) is 11.8 Å². The van der Waals surface area contributed by atoms with E-state index in [0.717, 1.165) is 18.5 Å². The monoisotopic (exact) mass is 357 g/mol. The van der Waals surface area contributed by atoms with Crippen LogP contribution < -0.4 is 0 Å². The van der Waals surface area contributed by atoms with Gasteiger partial charge in [-0.1, -0.05) is 0 Å². The molecule has 2 heterocycles. The van der Waals surface area contributed by atoms with Gasteiger partial charge in [-0.25, -0.2) is 0 Å². The quantitative estimate of drug-likeness (QED) is 0.885. The molecule has 1 aliphatic heterocycles. The summed E-state index contributed by atoms with van der Waals surface area (Å²) in [6.45, 7) is 2.01. The Kier molecular flexibility index (Phi) is 4.90. The molecule has 1 N–H and O–H groups in total. The minimum absolute atomic E-state index is 0.0567. The predicted molar refractivity (Wildman–Crippen MR) is 85.8 cm³/mol. The van der Waals surface area contributed by atoms with Crippen LogP contribution in [0.2, 0.25) is 0 Å². The van der Waals surface area contributed by atoms with Gasteiger partial charge in [0, 0.05) is 43.9 Å². The number of amides is 1. The second-order valence-electron chi connectivity index (χ2n) is 6.79. The maximum atomic E-state index is 12.8.